The lowest BCUT2D eigenvalue weighted by atomic mass is 9.81. The van der Waals surface area contributed by atoms with E-state index in [0.29, 0.717) is 0 Å². The van der Waals surface area contributed by atoms with Crippen molar-refractivity contribution in [3.05, 3.63) is 34.4 Å². The van der Waals surface area contributed by atoms with Crippen molar-refractivity contribution in [1.82, 2.24) is 4.57 Å². The summed E-state index contributed by atoms with van der Waals surface area (Å²) in [5.74, 6) is -0.769. The van der Waals surface area contributed by atoms with Gasteiger partial charge in [0.05, 0.1) is 6.42 Å². The third-order valence-electron chi connectivity index (χ3n) is 3.27. The zero-order chi connectivity index (χ0) is 13.5. The van der Waals surface area contributed by atoms with Gasteiger partial charge in [0.15, 0.2) is 0 Å². The maximum atomic E-state index is 11.0. The molecule has 2 aromatic rings. The summed E-state index contributed by atoms with van der Waals surface area (Å²) in [6.45, 7) is 3.94. The van der Waals surface area contributed by atoms with E-state index in [1.165, 1.54) is 0 Å². The molecule has 0 amide bonds. The first kappa shape index (κ1) is 13.1. The molecule has 0 aliphatic carbocycles. The predicted molar refractivity (Wildman–Crippen MR) is 75.9 cm³/mol. The van der Waals surface area contributed by atoms with E-state index in [1.807, 2.05) is 43.8 Å². The van der Waals surface area contributed by atoms with Crippen molar-refractivity contribution >= 4 is 32.8 Å². The topological polar surface area (TPSA) is 42.2 Å². The van der Waals surface area contributed by atoms with Crippen LogP contribution in [0, 0.1) is 0 Å². The standard InChI is InChI=1S/C14H16BrNO2/c1-14(2,7-13(17)18)11-8-16(3)12-6-9(15)4-5-10(11)12/h4-6,8H,7H2,1-3H3,(H,17,18). The fourth-order valence-corrected chi connectivity index (χ4v) is 2.72. The Bertz CT molecular complexity index is 614. The second-order valence-electron chi connectivity index (χ2n) is 5.27. The number of aryl methyl sites for hydroxylation is 1. The Morgan fingerprint density at radius 1 is 1.44 bits per heavy atom. The van der Waals surface area contributed by atoms with Gasteiger partial charge in [0.1, 0.15) is 0 Å². The largest absolute Gasteiger partial charge is 0.481 e. The molecule has 0 radical (unpaired) electrons. The van der Waals surface area contributed by atoms with Gasteiger partial charge in [-0.2, -0.15) is 0 Å². The molecule has 0 saturated heterocycles. The summed E-state index contributed by atoms with van der Waals surface area (Å²) in [5, 5.41) is 10.1. The highest BCUT2D eigenvalue weighted by atomic mass is 79.9. The number of halogens is 1. The molecule has 1 aromatic carbocycles. The van der Waals surface area contributed by atoms with Crippen molar-refractivity contribution < 1.29 is 9.90 Å². The summed E-state index contributed by atoms with van der Waals surface area (Å²) in [6, 6.07) is 6.08. The van der Waals surface area contributed by atoms with Crippen LogP contribution in [0.5, 0.6) is 0 Å². The van der Waals surface area contributed by atoms with Crippen molar-refractivity contribution in [2.45, 2.75) is 25.7 Å². The van der Waals surface area contributed by atoms with Gasteiger partial charge < -0.3 is 9.67 Å². The molecule has 0 aliphatic rings. The maximum Gasteiger partial charge on any atom is 0.304 e. The number of aliphatic carboxylic acids is 1. The number of hydrogen-bond acceptors (Lipinski definition) is 1. The van der Waals surface area contributed by atoms with Crippen LogP contribution in [0.2, 0.25) is 0 Å². The van der Waals surface area contributed by atoms with Crippen LogP contribution in [0.4, 0.5) is 0 Å². The lowest BCUT2D eigenvalue weighted by Crippen LogP contribution is -2.21. The SMILES string of the molecule is Cn1cc(C(C)(C)CC(=O)O)c2ccc(Br)cc21. The van der Waals surface area contributed by atoms with Crippen LogP contribution in [0.3, 0.4) is 0 Å². The maximum absolute atomic E-state index is 11.0. The van der Waals surface area contributed by atoms with Crippen LogP contribution in [0.15, 0.2) is 28.9 Å². The van der Waals surface area contributed by atoms with Gasteiger partial charge in [-0.15, -0.1) is 0 Å². The van der Waals surface area contributed by atoms with Crippen LogP contribution in [-0.4, -0.2) is 15.6 Å². The van der Waals surface area contributed by atoms with E-state index in [1.54, 1.807) is 0 Å². The molecule has 0 atom stereocenters. The Kier molecular flexibility index (Phi) is 3.23. The number of carbonyl (C=O) groups is 1. The smallest absolute Gasteiger partial charge is 0.304 e. The Morgan fingerprint density at radius 2 is 2.11 bits per heavy atom. The first-order valence-corrected chi connectivity index (χ1v) is 6.57. The van der Waals surface area contributed by atoms with E-state index in [9.17, 15) is 4.79 Å². The summed E-state index contributed by atoms with van der Waals surface area (Å²) in [7, 11) is 1.98. The molecule has 1 heterocycles. The van der Waals surface area contributed by atoms with E-state index >= 15 is 0 Å². The van der Waals surface area contributed by atoms with Gasteiger partial charge in [-0.25, -0.2) is 0 Å². The van der Waals surface area contributed by atoms with Crippen molar-refractivity contribution in [2.75, 3.05) is 0 Å². The van der Waals surface area contributed by atoms with E-state index in [2.05, 4.69) is 22.0 Å². The fourth-order valence-electron chi connectivity index (χ4n) is 2.37. The minimum atomic E-state index is -0.769. The number of benzene rings is 1. The van der Waals surface area contributed by atoms with E-state index in [4.69, 9.17) is 5.11 Å². The second-order valence-corrected chi connectivity index (χ2v) is 6.19. The van der Waals surface area contributed by atoms with Gasteiger partial charge in [0.2, 0.25) is 0 Å². The highest BCUT2D eigenvalue weighted by Gasteiger charge is 2.27. The molecule has 3 nitrogen and oxygen atoms in total. The molecular weight excluding hydrogens is 294 g/mol. The lowest BCUT2D eigenvalue weighted by Gasteiger charge is -2.22. The highest BCUT2D eigenvalue weighted by molar-refractivity contribution is 9.10. The number of aromatic nitrogens is 1. The fraction of sp³-hybridized carbons (Fsp3) is 0.357. The molecule has 0 unspecified atom stereocenters. The monoisotopic (exact) mass is 309 g/mol. The van der Waals surface area contributed by atoms with Crippen LogP contribution in [-0.2, 0) is 17.3 Å². The van der Waals surface area contributed by atoms with E-state index < -0.39 is 5.97 Å². The molecule has 96 valence electrons. The van der Waals surface area contributed by atoms with Crippen molar-refractivity contribution in [3.8, 4) is 0 Å². The van der Waals surface area contributed by atoms with Crippen molar-refractivity contribution in [2.24, 2.45) is 7.05 Å². The van der Waals surface area contributed by atoms with Crippen LogP contribution in [0.1, 0.15) is 25.8 Å². The zero-order valence-corrected chi connectivity index (χ0v) is 12.3. The molecule has 1 aromatic heterocycles. The molecule has 0 spiro atoms. The molecule has 0 aliphatic heterocycles. The summed E-state index contributed by atoms with van der Waals surface area (Å²) in [4.78, 5) is 11.0. The quantitative estimate of drug-likeness (QED) is 0.939. The lowest BCUT2D eigenvalue weighted by molar-refractivity contribution is -0.138. The summed E-state index contributed by atoms with van der Waals surface area (Å²) < 4.78 is 3.07. The molecule has 4 heteroatoms. The average Bonchev–Trinajstić information content (AvgIpc) is 2.55. The number of carboxylic acid groups (broad SMARTS) is 1. The van der Waals surface area contributed by atoms with Crippen LogP contribution < -0.4 is 0 Å². The van der Waals surface area contributed by atoms with Gasteiger partial charge in [-0.3, -0.25) is 4.79 Å². The summed E-state index contributed by atoms with van der Waals surface area (Å²) in [6.07, 6.45) is 2.15. The number of fused-ring (bicyclic) bond motifs is 1. The number of carboxylic acids is 1. The Hall–Kier alpha value is -1.29. The van der Waals surface area contributed by atoms with Gasteiger partial charge in [-0.1, -0.05) is 35.8 Å². The normalized spacial score (nSPS) is 12.0. The van der Waals surface area contributed by atoms with Gasteiger partial charge in [-0.05, 0) is 17.7 Å². The predicted octanol–water partition coefficient (Wildman–Crippen LogP) is 3.69. The molecule has 0 bridgehead atoms. The third kappa shape index (κ3) is 2.29. The first-order valence-electron chi connectivity index (χ1n) is 5.78. The van der Waals surface area contributed by atoms with Crippen LogP contribution in [0.25, 0.3) is 10.9 Å². The number of rotatable bonds is 3. The third-order valence-corrected chi connectivity index (χ3v) is 3.77. The minimum absolute atomic E-state index is 0.127. The van der Waals surface area contributed by atoms with E-state index in [0.717, 1.165) is 20.9 Å². The molecular formula is C14H16BrNO2. The summed E-state index contributed by atoms with van der Waals surface area (Å²) >= 11 is 3.46. The molecule has 18 heavy (non-hydrogen) atoms. The van der Waals surface area contributed by atoms with Crippen LogP contribution >= 0.6 is 15.9 Å². The minimum Gasteiger partial charge on any atom is -0.481 e. The Labute approximate surface area is 115 Å². The summed E-state index contributed by atoms with van der Waals surface area (Å²) in [5.41, 5.74) is 1.81. The highest BCUT2D eigenvalue weighted by Crippen LogP contribution is 2.35. The first-order chi connectivity index (χ1) is 8.31. The molecule has 0 saturated carbocycles. The molecule has 0 fully saturated rings. The second kappa shape index (κ2) is 4.43. The Balaban J connectivity index is 2.62. The zero-order valence-electron chi connectivity index (χ0n) is 10.7. The molecule has 1 N–H and O–H groups in total. The van der Waals surface area contributed by atoms with Crippen molar-refractivity contribution in [1.29, 1.82) is 0 Å². The van der Waals surface area contributed by atoms with Gasteiger partial charge in [0, 0.05) is 34.0 Å². The Morgan fingerprint density at radius 3 is 2.72 bits per heavy atom. The van der Waals surface area contributed by atoms with Gasteiger partial charge >= 0.3 is 5.97 Å². The number of nitrogens with zero attached hydrogens (tertiary/aromatic N) is 1. The average molecular weight is 310 g/mol. The number of hydrogen-bond donors (Lipinski definition) is 1. The van der Waals surface area contributed by atoms with Gasteiger partial charge in [0.25, 0.3) is 0 Å². The van der Waals surface area contributed by atoms with Crippen molar-refractivity contribution in [3.63, 3.8) is 0 Å². The molecule has 2 rings (SSSR count). The van der Waals surface area contributed by atoms with E-state index in [-0.39, 0.29) is 11.8 Å².